The first-order valence-corrected chi connectivity index (χ1v) is 4.06. The van der Waals surface area contributed by atoms with Crippen LogP contribution in [0.5, 0.6) is 5.75 Å². The van der Waals surface area contributed by atoms with Crippen LogP contribution < -0.4 is 4.74 Å². The number of aliphatic carboxylic acids is 1. The topological polar surface area (TPSA) is 46.5 Å². The molecule has 4 heteroatoms. The van der Waals surface area contributed by atoms with E-state index >= 15 is 0 Å². The summed E-state index contributed by atoms with van der Waals surface area (Å²) in [4.78, 5) is 10.7. The largest absolute Gasteiger partial charge is 0.496 e. The maximum atomic E-state index is 13.7. The number of halogens is 1. The van der Waals surface area contributed by atoms with E-state index in [9.17, 15) is 9.18 Å². The second-order valence-corrected chi connectivity index (χ2v) is 3.01. The molecule has 14 heavy (non-hydrogen) atoms. The minimum atomic E-state index is -2.42. The van der Waals surface area contributed by atoms with Gasteiger partial charge in [0.25, 0.3) is 0 Å². The first-order valence-electron chi connectivity index (χ1n) is 4.06. The molecule has 3 nitrogen and oxygen atoms in total. The van der Waals surface area contributed by atoms with Gasteiger partial charge in [-0.05, 0) is 13.0 Å². The van der Waals surface area contributed by atoms with Crippen LogP contribution in [-0.2, 0) is 10.5 Å². The van der Waals surface area contributed by atoms with Crippen LogP contribution in [0.2, 0.25) is 0 Å². The van der Waals surface area contributed by atoms with Crippen LogP contribution in [0.1, 0.15) is 12.5 Å². The molecule has 0 aliphatic carbocycles. The zero-order chi connectivity index (χ0) is 10.8. The van der Waals surface area contributed by atoms with Gasteiger partial charge in [0, 0.05) is 5.56 Å². The zero-order valence-corrected chi connectivity index (χ0v) is 7.95. The molecule has 1 N–H and O–H groups in total. The maximum absolute atomic E-state index is 13.7. The molecule has 0 unspecified atom stereocenters. The van der Waals surface area contributed by atoms with Crippen molar-refractivity contribution in [2.45, 2.75) is 12.6 Å². The smallest absolute Gasteiger partial charge is 0.346 e. The molecule has 0 aliphatic rings. The second kappa shape index (κ2) is 3.65. The molecular weight excluding hydrogens is 187 g/mol. The Morgan fingerprint density at radius 1 is 1.50 bits per heavy atom. The lowest BCUT2D eigenvalue weighted by atomic mass is 9.97. The van der Waals surface area contributed by atoms with E-state index in [-0.39, 0.29) is 11.3 Å². The molecule has 0 aliphatic heterocycles. The van der Waals surface area contributed by atoms with Crippen LogP contribution in [0, 0.1) is 0 Å². The van der Waals surface area contributed by atoms with Crippen molar-refractivity contribution in [2.24, 2.45) is 0 Å². The number of hydrogen-bond donors (Lipinski definition) is 1. The molecule has 1 atom stereocenters. The van der Waals surface area contributed by atoms with E-state index in [2.05, 4.69) is 0 Å². The fraction of sp³-hybridized carbons (Fsp3) is 0.300. The van der Waals surface area contributed by atoms with Crippen molar-refractivity contribution in [3.8, 4) is 5.75 Å². The third-order valence-corrected chi connectivity index (χ3v) is 2.01. The lowest BCUT2D eigenvalue weighted by molar-refractivity contribution is -0.150. The van der Waals surface area contributed by atoms with E-state index < -0.39 is 11.6 Å². The molecule has 0 heterocycles. The molecule has 1 aromatic rings. The SMILES string of the molecule is COc1ccccc1[C@@](C)(F)C(=O)O. The van der Waals surface area contributed by atoms with Crippen molar-refractivity contribution in [1.82, 2.24) is 0 Å². The van der Waals surface area contributed by atoms with Gasteiger partial charge in [0.05, 0.1) is 7.11 Å². The fourth-order valence-corrected chi connectivity index (χ4v) is 1.15. The standard InChI is InChI=1S/C10H11FO3/c1-10(11,9(12)13)7-5-3-4-6-8(7)14-2/h3-6H,1-2H3,(H,12,13)/t10-/m1/s1. The van der Waals surface area contributed by atoms with Gasteiger partial charge in [-0.3, -0.25) is 0 Å². The van der Waals surface area contributed by atoms with Gasteiger partial charge in [-0.15, -0.1) is 0 Å². The number of para-hydroxylation sites is 1. The van der Waals surface area contributed by atoms with Gasteiger partial charge < -0.3 is 9.84 Å². The summed E-state index contributed by atoms with van der Waals surface area (Å²) in [5, 5.41) is 8.68. The summed E-state index contributed by atoms with van der Waals surface area (Å²) in [6, 6.07) is 6.14. The predicted molar refractivity (Wildman–Crippen MR) is 49.1 cm³/mol. The number of hydrogen-bond acceptors (Lipinski definition) is 2. The highest BCUT2D eigenvalue weighted by Gasteiger charge is 2.37. The normalized spacial score (nSPS) is 14.5. The minimum Gasteiger partial charge on any atom is -0.496 e. The average Bonchev–Trinajstić information content (AvgIpc) is 2.17. The monoisotopic (exact) mass is 198 g/mol. The highest BCUT2D eigenvalue weighted by molar-refractivity contribution is 5.79. The summed E-state index contributed by atoms with van der Waals surface area (Å²) < 4.78 is 18.6. The van der Waals surface area contributed by atoms with Crippen molar-refractivity contribution in [1.29, 1.82) is 0 Å². The van der Waals surface area contributed by atoms with E-state index in [1.807, 2.05) is 0 Å². The summed E-state index contributed by atoms with van der Waals surface area (Å²) in [6.45, 7) is 0.993. The first kappa shape index (κ1) is 10.5. The van der Waals surface area contributed by atoms with E-state index in [0.29, 0.717) is 0 Å². The number of carboxylic acid groups (broad SMARTS) is 1. The van der Waals surface area contributed by atoms with Crippen LogP contribution in [0.4, 0.5) is 4.39 Å². The summed E-state index contributed by atoms with van der Waals surface area (Å²) in [5.74, 6) is -1.29. The van der Waals surface area contributed by atoms with Gasteiger partial charge >= 0.3 is 5.97 Å². The van der Waals surface area contributed by atoms with Crippen LogP contribution in [0.25, 0.3) is 0 Å². The van der Waals surface area contributed by atoms with Crippen LogP contribution in [0.3, 0.4) is 0 Å². The predicted octanol–water partition coefficient (Wildman–Crippen LogP) is 1.96. The number of ether oxygens (including phenoxy) is 1. The molecular formula is C10H11FO3. The highest BCUT2D eigenvalue weighted by Crippen LogP contribution is 2.32. The molecule has 0 saturated carbocycles. The van der Waals surface area contributed by atoms with E-state index in [4.69, 9.17) is 9.84 Å². The molecule has 0 radical (unpaired) electrons. The molecule has 0 fully saturated rings. The zero-order valence-electron chi connectivity index (χ0n) is 7.95. The number of methoxy groups -OCH3 is 1. The van der Waals surface area contributed by atoms with Crippen molar-refractivity contribution in [3.05, 3.63) is 29.8 Å². The third-order valence-electron chi connectivity index (χ3n) is 2.01. The van der Waals surface area contributed by atoms with Crippen molar-refractivity contribution >= 4 is 5.97 Å². The second-order valence-electron chi connectivity index (χ2n) is 3.01. The molecule has 0 spiro atoms. The van der Waals surface area contributed by atoms with Gasteiger partial charge in [-0.25, -0.2) is 9.18 Å². The van der Waals surface area contributed by atoms with Gasteiger partial charge in [-0.1, -0.05) is 18.2 Å². The number of alkyl halides is 1. The maximum Gasteiger partial charge on any atom is 0.346 e. The van der Waals surface area contributed by atoms with Crippen molar-refractivity contribution < 1.29 is 19.0 Å². The summed E-state index contributed by atoms with van der Waals surface area (Å²) in [5.41, 5.74) is -2.40. The van der Waals surface area contributed by atoms with Gasteiger partial charge in [0.15, 0.2) is 0 Å². The van der Waals surface area contributed by atoms with Crippen LogP contribution >= 0.6 is 0 Å². The number of carboxylic acids is 1. The molecule has 0 aromatic heterocycles. The molecule has 1 rings (SSSR count). The Hall–Kier alpha value is -1.58. The molecule has 76 valence electrons. The van der Waals surface area contributed by atoms with Crippen molar-refractivity contribution in [2.75, 3.05) is 7.11 Å². The van der Waals surface area contributed by atoms with Crippen LogP contribution in [0.15, 0.2) is 24.3 Å². The molecule has 0 saturated heterocycles. The quantitative estimate of drug-likeness (QED) is 0.807. The van der Waals surface area contributed by atoms with Crippen molar-refractivity contribution in [3.63, 3.8) is 0 Å². The number of benzene rings is 1. The Morgan fingerprint density at radius 3 is 2.57 bits per heavy atom. The Bertz CT molecular complexity index is 347. The lowest BCUT2D eigenvalue weighted by Gasteiger charge is -2.18. The Labute approximate surface area is 81.1 Å². The van der Waals surface area contributed by atoms with Gasteiger partial charge in [0.2, 0.25) is 5.67 Å². The average molecular weight is 198 g/mol. The Kier molecular flexibility index (Phi) is 2.74. The Morgan fingerprint density at radius 2 is 2.07 bits per heavy atom. The van der Waals surface area contributed by atoms with E-state index in [1.165, 1.54) is 19.2 Å². The number of carbonyl (C=O) groups is 1. The number of rotatable bonds is 3. The van der Waals surface area contributed by atoms with Crippen LogP contribution in [-0.4, -0.2) is 18.2 Å². The summed E-state index contributed by atoms with van der Waals surface area (Å²) in [7, 11) is 1.37. The highest BCUT2D eigenvalue weighted by atomic mass is 19.1. The van der Waals surface area contributed by atoms with E-state index in [1.54, 1.807) is 12.1 Å². The lowest BCUT2D eigenvalue weighted by Crippen LogP contribution is -2.27. The molecule has 1 aromatic carbocycles. The van der Waals surface area contributed by atoms with E-state index in [0.717, 1.165) is 6.92 Å². The minimum absolute atomic E-state index is 0.0231. The van der Waals surface area contributed by atoms with Gasteiger partial charge in [0.1, 0.15) is 5.75 Å². The fourth-order valence-electron chi connectivity index (χ4n) is 1.15. The molecule has 0 amide bonds. The van der Waals surface area contributed by atoms with Gasteiger partial charge in [-0.2, -0.15) is 0 Å². The molecule has 0 bridgehead atoms. The third kappa shape index (κ3) is 1.69. The summed E-state index contributed by atoms with van der Waals surface area (Å²) >= 11 is 0. The Balaban J connectivity index is 3.24. The first-order chi connectivity index (χ1) is 6.50. The summed E-state index contributed by atoms with van der Waals surface area (Å²) in [6.07, 6.45) is 0.